The lowest BCUT2D eigenvalue weighted by atomic mass is 9.94. The summed E-state index contributed by atoms with van der Waals surface area (Å²) in [6, 6.07) is 2.79. The van der Waals surface area contributed by atoms with Crippen molar-refractivity contribution in [3.8, 4) is 5.75 Å². The summed E-state index contributed by atoms with van der Waals surface area (Å²) < 4.78 is 15.4. The third-order valence-corrected chi connectivity index (χ3v) is 3.94. The van der Waals surface area contributed by atoms with Crippen LogP contribution in [0.5, 0.6) is 5.75 Å². The van der Waals surface area contributed by atoms with E-state index in [9.17, 15) is 9.50 Å². The van der Waals surface area contributed by atoms with Crippen molar-refractivity contribution in [2.24, 2.45) is 0 Å². The molecule has 2 aromatic heterocycles. The van der Waals surface area contributed by atoms with Crippen molar-refractivity contribution in [2.45, 2.75) is 27.7 Å². The molecule has 0 bridgehead atoms. The number of hydrogen-bond donors (Lipinski definition) is 1. The van der Waals surface area contributed by atoms with E-state index in [0.29, 0.717) is 5.65 Å². The van der Waals surface area contributed by atoms with Crippen molar-refractivity contribution >= 4 is 11.2 Å². The third-order valence-electron chi connectivity index (χ3n) is 3.94. The van der Waals surface area contributed by atoms with Crippen LogP contribution in [-0.2, 0) is 0 Å². The second kappa shape index (κ2) is 6.51. The summed E-state index contributed by atoms with van der Waals surface area (Å²) in [6.07, 6.45) is 9.36. The number of nitrogens with zero attached hydrogens (tertiary/aromatic N) is 3. The Morgan fingerprint density at radius 1 is 1.12 bits per heavy atom. The molecule has 0 unspecified atom stereocenters. The molecule has 5 heteroatoms. The molecular weight excluding hydrogens is 317 g/mol. The van der Waals surface area contributed by atoms with Crippen molar-refractivity contribution < 1.29 is 9.50 Å². The van der Waals surface area contributed by atoms with E-state index in [0.717, 1.165) is 33.4 Å². The lowest BCUT2D eigenvalue weighted by Gasteiger charge is -2.11. The van der Waals surface area contributed by atoms with Crippen molar-refractivity contribution in [2.75, 3.05) is 0 Å². The molecule has 0 saturated carbocycles. The van der Waals surface area contributed by atoms with E-state index < -0.39 is 5.82 Å². The molecule has 0 spiro atoms. The first-order valence-corrected chi connectivity index (χ1v) is 8.02. The maximum absolute atomic E-state index is 13.7. The van der Waals surface area contributed by atoms with E-state index in [1.54, 1.807) is 16.9 Å². The van der Waals surface area contributed by atoms with Gasteiger partial charge in [0.05, 0.1) is 6.20 Å². The summed E-state index contributed by atoms with van der Waals surface area (Å²) in [4.78, 5) is 4.49. The summed E-state index contributed by atoms with van der Waals surface area (Å²) >= 11 is 0. The van der Waals surface area contributed by atoms with Crippen LogP contribution in [0.15, 0.2) is 48.4 Å². The number of benzene rings is 1. The molecule has 0 atom stereocenters. The van der Waals surface area contributed by atoms with Crippen molar-refractivity contribution in [1.29, 1.82) is 0 Å². The number of aromatic nitrogens is 3. The Labute approximate surface area is 146 Å². The van der Waals surface area contributed by atoms with E-state index in [2.05, 4.69) is 10.1 Å². The number of phenols is 1. The van der Waals surface area contributed by atoms with Gasteiger partial charge in [0.15, 0.2) is 17.2 Å². The van der Waals surface area contributed by atoms with Crippen LogP contribution in [0.1, 0.15) is 36.1 Å². The van der Waals surface area contributed by atoms with Gasteiger partial charge in [-0.2, -0.15) is 5.10 Å². The van der Waals surface area contributed by atoms with Crippen LogP contribution in [0.2, 0.25) is 0 Å². The van der Waals surface area contributed by atoms with Gasteiger partial charge in [0, 0.05) is 18.0 Å². The number of hydrogen-bond acceptors (Lipinski definition) is 3. The van der Waals surface area contributed by atoms with E-state index in [1.165, 1.54) is 12.1 Å². The molecule has 1 aromatic carbocycles. The zero-order valence-electron chi connectivity index (χ0n) is 14.7. The second-order valence-electron chi connectivity index (χ2n) is 6.40. The molecule has 0 amide bonds. The summed E-state index contributed by atoms with van der Waals surface area (Å²) in [5.74, 6) is -1.000. The molecule has 1 N–H and O–H groups in total. The minimum atomic E-state index is -0.628. The van der Waals surface area contributed by atoms with Gasteiger partial charge in [-0.1, -0.05) is 17.7 Å². The zero-order valence-corrected chi connectivity index (χ0v) is 14.7. The second-order valence-corrected chi connectivity index (χ2v) is 6.40. The highest BCUT2D eigenvalue weighted by molar-refractivity contribution is 5.88. The maximum atomic E-state index is 13.7. The number of fused-ring (bicyclic) bond motifs is 1. The summed E-state index contributed by atoms with van der Waals surface area (Å²) in [5.41, 5.74) is 5.98. The fraction of sp³-hybridized carbons (Fsp3) is 0.200. The molecule has 0 aliphatic rings. The van der Waals surface area contributed by atoms with E-state index in [-0.39, 0.29) is 5.75 Å². The standard InChI is InChI=1S/C20H20FN3O/c1-12(2)5-6-15(16-8-19(25)18(21)7-14(16)4)17-10-23-24-11-13(3)9-22-20(17)24/h5-11,25H,1-4H3/b15-6+. The number of phenolic OH excluding ortho intramolecular Hbond substituents is 1. The first-order valence-electron chi connectivity index (χ1n) is 8.02. The largest absolute Gasteiger partial charge is 0.505 e. The van der Waals surface area contributed by atoms with Crippen LogP contribution in [0.4, 0.5) is 4.39 Å². The number of aryl methyl sites for hydroxylation is 2. The summed E-state index contributed by atoms with van der Waals surface area (Å²) in [5, 5.41) is 14.2. The summed E-state index contributed by atoms with van der Waals surface area (Å²) in [6.45, 7) is 7.77. The molecule has 3 aromatic rings. The fourth-order valence-corrected chi connectivity index (χ4v) is 2.68. The van der Waals surface area contributed by atoms with E-state index in [4.69, 9.17) is 0 Å². The lowest BCUT2D eigenvalue weighted by molar-refractivity contribution is 0.432. The Hall–Kier alpha value is -2.95. The smallest absolute Gasteiger partial charge is 0.165 e. The van der Waals surface area contributed by atoms with E-state index >= 15 is 0 Å². The molecule has 0 aliphatic heterocycles. The van der Waals surface area contributed by atoms with Crippen LogP contribution in [0.3, 0.4) is 0 Å². The molecule has 4 nitrogen and oxygen atoms in total. The minimum Gasteiger partial charge on any atom is -0.505 e. The van der Waals surface area contributed by atoms with Crippen LogP contribution in [0, 0.1) is 19.7 Å². The molecule has 25 heavy (non-hydrogen) atoms. The predicted molar refractivity (Wildman–Crippen MR) is 97.0 cm³/mol. The zero-order chi connectivity index (χ0) is 18.1. The van der Waals surface area contributed by atoms with Crippen molar-refractivity contribution in [1.82, 2.24) is 14.6 Å². The number of aromatic hydroxyl groups is 1. The number of halogens is 1. The Kier molecular flexibility index (Phi) is 4.40. The molecule has 3 rings (SSSR count). The highest BCUT2D eigenvalue weighted by Gasteiger charge is 2.16. The van der Waals surface area contributed by atoms with Crippen LogP contribution < -0.4 is 0 Å². The monoisotopic (exact) mass is 337 g/mol. The van der Waals surface area contributed by atoms with E-state index in [1.807, 2.05) is 46.0 Å². The van der Waals surface area contributed by atoms with Crippen LogP contribution >= 0.6 is 0 Å². The molecule has 0 aliphatic carbocycles. The van der Waals surface area contributed by atoms with Gasteiger partial charge in [-0.3, -0.25) is 0 Å². The average molecular weight is 337 g/mol. The average Bonchev–Trinajstić information content (AvgIpc) is 2.95. The Morgan fingerprint density at radius 3 is 2.60 bits per heavy atom. The van der Waals surface area contributed by atoms with Gasteiger partial charge >= 0.3 is 0 Å². The highest BCUT2D eigenvalue weighted by atomic mass is 19.1. The molecule has 0 radical (unpaired) electrons. The van der Waals surface area contributed by atoms with Gasteiger partial charge in [-0.15, -0.1) is 0 Å². The van der Waals surface area contributed by atoms with Crippen molar-refractivity contribution in [3.05, 3.63) is 76.5 Å². The number of allylic oxidation sites excluding steroid dienone is 3. The van der Waals surface area contributed by atoms with Gasteiger partial charge in [0.25, 0.3) is 0 Å². The van der Waals surface area contributed by atoms with Gasteiger partial charge in [-0.05, 0) is 62.1 Å². The number of rotatable bonds is 3. The maximum Gasteiger partial charge on any atom is 0.165 e. The Balaban J connectivity index is 2.28. The van der Waals surface area contributed by atoms with Crippen LogP contribution in [0.25, 0.3) is 11.2 Å². The quantitative estimate of drug-likeness (QED) is 0.711. The Bertz CT molecular complexity index is 1010. The fourth-order valence-electron chi connectivity index (χ4n) is 2.68. The topological polar surface area (TPSA) is 50.4 Å². The molecule has 0 saturated heterocycles. The molecular formula is C20H20FN3O. The normalized spacial score (nSPS) is 11.8. The van der Waals surface area contributed by atoms with Gasteiger partial charge in [0.1, 0.15) is 0 Å². The Morgan fingerprint density at radius 2 is 1.88 bits per heavy atom. The van der Waals surface area contributed by atoms with Gasteiger partial charge in [-0.25, -0.2) is 13.9 Å². The predicted octanol–water partition coefficient (Wildman–Crippen LogP) is 4.59. The molecule has 0 fully saturated rings. The minimum absolute atomic E-state index is 0.371. The van der Waals surface area contributed by atoms with Crippen LogP contribution in [-0.4, -0.2) is 19.7 Å². The van der Waals surface area contributed by atoms with Gasteiger partial charge in [0.2, 0.25) is 0 Å². The van der Waals surface area contributed by atoms with Crippen molar-refractivity contribution in [3.63, 3.8) is 0 Å². The first-order chi connectivity index (χ1) is 11.9. The first kappa shape index (κ1) is 16.9. The van der Waals surface area contributed by atoms with Gasteiger partial charge < -0.3 is 5.11 Å². The molecule has 128 valence electrons. The lowest BCUT2D eigenvalue weighted by Crippen LogP contribution is -1.96. The molecule has 2 heterocycles. The SMILES string of the molecule is CC(C)=C/C=C(\c1cc(O)c(F)cc1C)c1cnn2cc(C)cnc12. The highest BCUT2D eigenvalue weighted by Crippen LogP contribution is 2.32. The summed E-state index contributed by atoms with van der Waals surface area (Å²) in [7, 11) is 0. The third kappa shape index (κ3) is 3.31.